The van der Waals surface area contributed by atoms with E-state index in [2.05, 4.69) is 0 Å². The van der Waals surface area contributed by atoms with E-state index in [0.717, 1.165) is 0 Å². The molecule has 2 aliphatic rings. The second kappa shape index (κ2) is 4.66. The van der Waals surface area contributed by atoms with Crippen LogP contribution in [0.1, 0.15) is 27.7 Å². The average molecular weight is 301 g/mol. The van der Waals surface area contributed by atoms with Gasteiger partial charge in [-0.1, -0.05) is 20.8 Å². The van der Waals surface area contributed by atoms with Gasteiger partial charge >= 0.3 is 5.97 Å². The Bertz CT molecular complexity index is 469. The average Bonchev–Trinajstić information content (AvgIpc) is 2.85. The lowest BCUT2D eigenvalue weighted by Gasteiger charge is -2.39. The van der Waals surface area contributed by atoms with Crippen LogP contribution in [0.25, 0.3) is 0 Å². The van der Waals surface area contributed by atoms with E-state index in [9.17, 15) is 14.7 Å². The number of nitrogens with zero attached hydrogens (tertiary/aromatic N) is 1. The number of methoxy groups -OCH3 is 2. The highest BCUT2D eigenvalue weighted by atomic mass is 16.6. The van der Waals surface area contributed by atoms with E-state index in [1.54, 1.807) is 0 Å². The van der Waals surface area contributed by atoms with Crippen LogP contribution in [-0.2, 0) is 23.8 Å². The lowest BCUT2D eigenvalue weighted by Crippen LogP contribution is -2.65. The summed E-state index contributed by atoms with van der Waals surface area (Å²) in [5.74, 6) is -1.17. The molecule has 1 amide bonds. The molecule has 0 bridgehead atoms. The summed E-state index contributed by atoms with van der Waals surface area (Å²) in [5, 5.41) is 10.9. The predicted octanol–water partition coefficient (Wildman–Crippen LogP) is -0.0912. The summed E-state index contributed by atoms with van der Waals surface area (Å²) >= 11 is 0. The number of carbonyl (C=O) groups excluding carboxylic acids is 2. The molecular weight excluding hydrogens is 278 g/mol. The van der Waals surface area contributed by atoms with Crippen LogP contribution in [0.5, 0.6) is 0 Å². The van der Waals surface area contributed by atoms with Gasteiger partial charge in [0.15, 0.2) is 11.6 Å². The molecule has 7 nitrogen and oxygen atoms in total. The van der Waals surface area contributed by atoms with Crippen LogP contribution in [0.4, 0.5) is 0 Å². The zero-order valence-corrected chi connectivity index (χ0v) is 13.3. The number of aliphatic hydroxyl groups is 1. The van der Waals surface area contributed by atoms with Crippen molar-refractivity contribution < 1.29 is 28.9 Å². The summed E-state index contributed by atoms with van der Waals surface area (Å²) in [6, 6.07) is 0. The fourth-order valence-corrected chi connectivity index (χ4v) is 3.32. The van der Waals surface area contributed by atoms with Crippen molar-refractivity contribution >= 4 is 11.9 Å². The van der Waals surface area contributed by atoms with Crippen molar-refractivity contribution in [2.75, 3.05) is 20.8 Å². The number of hydrogen-bond acceptors (Lipinski definition) is 6. The summed E-state index contributed by atoms with van der Waals surface area (Å²) in [4.78, 5) is 26.4. The van der Waals surface area contributed by atoms with E-state index in [0.29, 0.717) is 0 Å². The van der Waals surface area contributed by atoms with Crippen molar-refractivity contribution in [1.29, 1.82) is 0 Å². The van der Waals surface area contributed by atoms with Crippen molar-refractivity contribution in [3.05, 3.63) is 0 Å². The fourth-order valence-electron chi connectivity index (χ4n) is 3.32. The van der Waals surface area contributed by atoms with Crippen molar-refractivity contribution in [3.8, 4) is 0 Å². The lowest BCUT2D eigenvalue weighted by molar-refractivity contribution is -0.169. The van der Waals surface area contributed by atoms with E-state index >= 15 is 0 Å². The Kier molecular flexibility index (Phi) is 3.59. The molecule has 0 aromatic carbocycles. The van der Waals surface area contributed by atoms with Gasteiger partial charge in [-0.25, -0.2) is 4.79 Å². The Morgan fingerprint density at radius 3 is 2.43 bits per heavy atom. The topological polar surface area (TPSA) is 85.3 Å². The van der Waals surface area contributed by atoms with Gasteiger partial charge in [0.25, 0.3) is 5.91 Å². The van der Waals surface area contributed by atoms with Gasteiger partial charge in [-0.2, -0.15) is 0 Å². The second-order valence-electron chi connectivity index (χ2n) is 6.85. The van der Waals surface area contributed by atoms with Crippen molar-refractivity contribution in [3.63, 3.8) is 0 Å². The molecule has 0 aromatic rings. The number of ether oxygens (including phenoxy) is 3. The summed E-state index contributed by atoms with van der Waals surface area (Å²) in [6.07, 6.45) is -1.78. The fraction of sp³-hybridized carbons (Fsp3) is 0.857. The molecule has 0 spiro atoms. The first-order valence-corrected chi connectivity index (χ1v) is 6.84. The third-order valence-corrected chi connectivity index (χ3v) is 4.41. The van der Waals surface area contributed by atoms with E-state index in [4.69, 9.17) is 14.2 Å². The molecule has 120 valence electrons. The van der Waals surface area contributed by atoms with Crippen LogP contribution < -0.4 is 0 Å². The largest absolute Gasteiger partial charge is 0.467 e. The Balaban J connectivity index is 2.62. The van der Waals surface area contributed by atoms with E-state index < -0.39 is 40.8 Å². The first-order valence-electron chi connectivity index (χ1n) is 6.84. The Morgan fingerprint density at radius 2 is 2.00 bits per heavy atom. The predicted molar refractivity (Wildman–Crippen MR) is 72.2 cm³/mol. The monoisotopic (exact) mass is 301 g/mol. The van der Waals surface area contributed by atoms with E-state index in [1.807, 2.05) is 20.8 Å². The second-order valence-corrected chi connectivity index (χ2v) is 6.85. The van der Waals surface area contributed by atoms with Crippen molar-refractivity contribution in [1.82, 2.24) is 4.90 Å². The minimum absolute atomic E-state index is 0.125. The molecular formula is C14H23NO6. The number of carbonyl (C=O) groups is 2. The molecule has 7 heteroatoms. The van der Waals surface area contributed by atoms with Gasteiger partial charge in [0.1, 0.15) is 11.8 Å². The Hall–Kier alpha value is -1.18. The van der Waals surface area contributed by atoms with Gasteiger partial charge in [0.2, 0.25) is 0 Å². The van der Waals surface area contributed by atoms with Gasteiger partial charge in [0.05, 0.1) is 13.7 Å². The minimum Gasteiger partial charge on any atom is -0.467 e. The van der Waals surface area contributed by atoms with Gasteiger partial charge < -0.3 is 19.3 Å². The smallest absolute Gasteiger partial charge is 0.337 e. The SMILES string of the molecule is COC(=O)[C@@]12CO[C@@H](C(C)(C)C)N1C(=O)[C@H](OC)[C@]2(C)O. The molecule has 0 aromatic heterocycles. The molecule has 2 heterocycles. The zero-order valence-electron chi connectivity index (χ0n) is 13.3. The third-order valence-electron chi connectivity index (χ3n) is 4.41. The number of fused-ring (bicyclic) bond motifs is 1. The quantitative estimate of drug-likeness (QED) is 0.717. The molecule has 0 unspecified atom stereocenters. The summed E-state index contributed by atoms with van der Waals surface area (Å²) in [7, 11) is 2.55. The molecule has 21 heavy (non-hydrogen) atoms. The van der Waals surface area contributed by atoms with Gasteiger partial charge in [-0.05, 0) is 6.92 Å². The number of hydrogen-bond donors (Lipinski definition) is 1. The first kappa shape index (κ1) is 16.2. The maximum atomic E-state index is 12.7. The molecule has 0 saturated carbocycles. The zero-order chi connectivity index (χ0) is 16.2. The maximum absolute atomic E-state index is 12.7. The van der Waals surface area contributed by atoms with Gasteiger partial charge in [-0.15, -0.1) is 0 Å². The van der Waals surface area contributed by atoms with Crippen LogP contribution in [0.15, 0.2) is 0 Å². The number of esters is 1. The molecule has 0 aliphatic carbocycles. The van der Waals surface area contributed by atoms with Crippen LogP contribution in [-0.4, -0.2) is 66.2 Å². The summed E-state index contributed by atoms with van der Waals surface area (Å²) in [6.45, 7) is 6.97. The summed E-state index contributed by atoms with van der Waals surface area (Å²) < 4.78 is 15.7. The van der Waals surface area contributed by atoms with Crippen LogP contribution in [0.2, 0.25) is 0 Å². The highest BCUT2D eigenvalue weighted by Gasteiger charge is 2.76. The van der Waals surface area contributed by atoms with E-state index in [-0.39, 0.29) is 6.61 Å². The maximum Gasteiger partial charge on any atom is 0.337 e. The standard InChI is InChI=1S/C14H23NO6/c1-12(2,3)10-15-9(16)8(19-5)13(4,18)14(15,7-21-10)11(17)20-6/h8,10,18H,7H2,1-6H3/t8-,10-,13-,14+/m0/s1. The molecule has 2 fully saturated rings. The first-order chi connectivity index (χ1) is 9.55. The molecule has 0 radical (unpaired) electrons. The Morgan fingerprint density at radius 1 is 1.43 bits per heavy atom. The normalized spacial score (nSPS) is 39.6. The van der Waals surface area contributed by atoms with Crippen LogP contribution in [0.3, 0.4) is 0 Å². The molecule has 2 rings (SSSR count). The number of amides is 1. The molecule has 1 N–H and O–H groups in total. The van der Waals surface area contributed by atoms with Crippen LogP contribution >= 0.6 is 0 Å². The molecule has 2 saturated heterocycles. The highest BCUT2D eigenvalue weighted by molar-refractivity contribution is 5.98. The Labute approximate surface area is 124 Å². The summed E-state index contributed by atoms with van der Waals surface area (Å²) in [5.41, 5.74) is -3.76. The van der Waals surface area contributed by atoms with Crippen molar-refractivity contribution in [2.24, 2.45) is 5.41 Å². The molecule has 2 aliphatic heterocycles. The highest BCUT2D eigenvalue weighted by Crippen LogP contribution is 2.50. The minimum atomic E-state index is -1.74. The van der Waals surface area contributed by atoms with Gasteiger partial charge in [-0.3, -0.25) is 9.69 Å². The lowest BCUT2D eigenvalue weighted by atomic mass is 9.80. The van der Waals surface area contributed by atoms with Crippen LogP contribution in [0, 0.1) is 5.41 Å². The molecule has 4 atom stereocenters. The van der Waals surface area contributed by atoms with E-state index in [1.165, 1.54) is 26.0 Å². The number of rotatable bonds is 2. The third kappa shape index (κ3) is 1.84. The van der Waals surface area contributed by atoms with Crippen molar-refractivity contribution in [2.45, 2.75) is 51.2 Å². The van der Waals surface area contributed by atoms with Gasteiger partial charge in [0, 0.05) is 12.5 Å².